The maximum absolute atomic E-state index is 13.8. The average molecular weight is 460 g/mol. The highest BCUT2D eigenvalue weighted by molar-refractivity contribution is 5.99. The first kappa shape index (κ1) is 22.8. The van der Waals surface area contributed by atoms with Crippen LogP contribution in [0, 0.1) is 5.82 Å². The fourth-order valence-corrected chi connectivity index (χ4v) is 4.16. The number of nitrogens with zero attached hydrogens (tertiary/aromatic N) is 2. The summed E-state index contributed by atoms with van der Waals surface area (Å²) in [5, 5.41) is 9.87. The lowest BCUT2D eigenvalue weighted by Crippen LogP contribution is -2.45. The topological polar surface area (TPSA) is 59.0 Å². The molecule has 2 aromatic carbocycles. The minimum absolute atomic E-state index is 0.0347. The molecule has 2 heterocycles. The number of aromatic nitrogens is 2. The molecule has 9 heteroatoms. The molecule has 0 bridgehead atoms. The van der Waals surface area contributed by atoms with Gasteiger partial charge in [0.1, 0.15) is 17.2 Å². The second kappa shape index (κ2) is 8.53. The molecule has 0 aliphatic carbocycles. The molecule has 0 radical (unpaired) electrons. The van der Waals surface area contributed by atoms with E-state index in [1.807, 2.05) is 0 Å². The third-order valence-corrected chi connectivity index (χ3v) is 5.70. The highest BCUT2D eigenvalue weighted by atomic mass is 19.4. The zero-order valence-electron chi connectivity index (χ0n) is 18.2. The van der Waals surface area contributed by atoms with Gasteiger partial charge >= 0.3 is 6.18 Å². The van der Waals surface area contributed by atoms with Crippen molar-refractivity contribution in [2.45, 2.75) is 50.5 Å². The van der Waals surface area contributed by atoms with E-state index in [2.05, 4.69) is 15.7 Å². The predicted molar refractivity (Wildman–Crippen MR) is 116 cm³/mol. The largest absolute Gasteiger partial charge is 0.410 e. The Kier molecular flexibility index (Phi) is 5.90. The zero-order chi connectivity index (χ0) is 23.8. The standard InChI is InChI=1S/C24H24F4N4O/c1-23(2,13-15-8-10-17(25)11-9-15)31-22(33)18-14-29-32-20(24(26,27)28)12-19(30-21(18)32)16-6-4-3-5-7-16/h3-11,14,19-20,30H,12-13H2,1-2H3,(H,31,33)/t19?,20-/m0/s1. The molecule has 174 valence electrons. The Bertz CT molecular complexity index is 1120. The second-order valence-electron chi connectivity index (χ2n) is 8.89. The van der Waals surface area contributed by atoms with E-state index in [1.165, 1.54) is 12.1 Å². The Morgan fingerprint density at radius 3 is 2.42 bits per heavy atom. The van der Waals surface area contributed by atoms with Crippen LogP contribution in [-0.2, 0) is 6.42 Å². The first-order chi connectivity index (χ1) is 15.5. The zero-order valence-corrected chi connectivity index (χ0v) is 18.2. The number of fused-ring (bicyclic) bond motifs is 1. The summed E-state index contributed by atoms with van der Waals surface area (Å²) in [6.45, 7) is 3.59. The normalized spacial score (nSPS) is 18.4. The average Bonchev–Trinajstić information content (AvgIpc) is 3.18. The van der Waals surface area contributed by atoms with Crippen molar-refractivity contribution in [2.75, 3.05) is 5.32 Å². The van der Waals surface area contributed by atoms with Crippen molar-refractivity contribution < 1.29 is 22.4 Å². The van der Waals surface area contributed by atoms with Gasteiger partial charge in [0, 0.05) is 12.0 Å². The van der Waals surface area contributed by atoms with Gasteiger partial charge in [0.15, 0.2) is 6.04 Å². The lowest BCUT2D eigenvalue weighted by atomic mass is 9.94. The van der Waals surface area contributed by atoms with Crippen LogP contribution < -0.4 is 10.6 Å². The third kappa shape index (κ3) is 5.02. The van der Waals surface area contributed by atoms with Crippen LogP contribution in [0.5, 0.6) is 0 Å². The second-order valence-corrected chi connectivity index (χ2v) is 8.89. The third-order valence-electron chi connectivity index (χ3n) is 5.70. The number of carbonyl (C=O) groups excluding carboxylic acids is 1. The van der Waals surface area contributed by atoms with Gasteiger partial charge in [0.25, 0.3) is 5.91 Å². The van der Waals surface area contributed by atoms with Crippen molar-refractivity contribution in [2.24, 2.45) is 0 Å². The first-order valence-electron chi connectivity index (χ1n) is 10.6. The van der Waals surface area contributed by atoms with Gasteiger partial charge in [0.2, 0.25) is 0 Å². The maximum atomic E-state index is 13.8. The molecular weight excluding hydrogens is 436 g/mol. The predicted octanol–water partition coefficient (Wildman–Crippen LogP) is 5.43. The Balaban J connectivity index is 1.60. The lowest BCUT2D eigenvalue weighted by molar-refractivity contribution is -0.173. The minimum atomic E-state index is -4.52. The number of carbonyl (C=O) groups is 1. The van der Waals surface area contributed by atoms with E-state index in [9.17, 15) is 22.4 Å². The molecule has 1 unspecified atom stereocenters. The van der Waals surface area contributed by atoms with E-state index < -0.39 is 29.7 Å². The maximum Gasteiger partial charge on any atom is 0.410 e. The number of anilines is 1. The summed E-state index contributed by atoms with van der Waals surface area (Å²) in [5.41, 5.74) is 0.818. The van der Waals surface area contributed by atoms with Gasteiger partial charge in [-0.2, -0.15) is 18.3 Å². The molecule has 0 spiro atoms. The van der Waals surface area contributed by atoms with Crippen molar-refractivity contribution in [3.63, 3.8) is 0 Å². The number of alkyl halides is 3. The molecule has 1 aliphatic heterocycles. The molecule has 1 aromatic heterocycles. The number of rotatable bonds is 5. The van der Waals surface area contributed by atoms with Gasteiger partial charge in [-0.3, -0.25) is 4.79 Å². The Morgan fingerprint density at radius 2 is 1.79 bits per heavy atom. The number of benzene rings is 2. The number of hydrogen-bond acceptors (Lipinski definition) is 3. The highest BCUT2D eigenvalue weighted by Gasteiger charge is 2.47. The van der Waals surface area contributed by atoms with Crippen LogP contribution in [0.4, 0.5) is 23.4 Å². The fraction of sp³-hybridized carbons (Fsp3) is 0.333. The van der Waals surface area contributed by atoms with Crippen LogP contribution in [-0.4, -0.2) is 27.4 Å². The molecule has 1 aliphatic rings. The van der Waals surface area contributed by atoms with Crippen LogP contribution in [0.3, 0.4) is 0 Å². The highest BCUT2D eigenvalue weighted by Crippen LogP contribution is 2.44. The van der Waals surface area contributed by atoms with Gasteiger partial charge in [0.05, 0.1) is 12.2 Å². The lowest BCUT2D eigenvalue weighted by Gasteiger charge is -2.34. The summed E-state index contributed by atoms with van der Waals surface area (Å²) in [7, 11) is 0. The van der Waals surface area contributed by atoms with Crippen molar-refractivity contribution in [3.8, 4) is 0 Å². The summed E-state index contributed by atoms with van der Waals surface area (Å²) in [6, 6.07) is 12.3. The fourth-order valence-electron chi connectivity index (χ4n) is 4.16. The van der Waals surface area contributed by atoms with Gasteiger partial charge in [-0.15, -0.1) is 0 Å². The monoisotopic (exact) mass is 460 g/mol. The quantitative estimate of drug-likeness (QED) is 0.499. The first-order valence-corrected chi connectivity index (χ1v) is 10.6. The van der Waals surface area contributed by atoms with Gasteiger partial charge in [-0.05, 0) is 43.5 Å². The smallest absolute Gasteiger partial charge is 0.363 e. The molecular formula is C24H24F4N4O. The Morgan fingerprint density at radius 1 is 1.12 bits per heavy atom. The van der Waals surface area contributed by atoms with Gasteiger partial charge in [-0.1, -0.05) is 42.5 Å². The van der Waals surface area contributed by atoms with Crippen LogP contribution in [0.2, 0.25) is 0 Å². The summed E-state index contributed by atoms with van der Waals surface area (Å²) in [4.78, 5) is 13.1. The molecule has 3 aromatic rings. The van der Waals surface area contributed by atoms with Crippen molar-refractivity contribution in [1.82, 2.24) is 15.1 Å². The van der Waals surface area contributed by atoms with E-state index in [-0.39, 0.29) is 23.6 Å². The van der Waals surface area contributed by atoms with Crippen molar-refractivity contribution in [1.29, 1.82) is 0 Å². The Hall–Kier alpha value is -3.36. The van der Waals surface area contributed by atoms with Gasteiger partial charge in [-0.25, -0.2) is 9.07 Å². The van der Waals surface area contributed by atoms with Crippen LogP contribution in [0.1, 0.15) is 53.8 Å². The van der Waals surface area contributed by atoms with E-state index in [0.717, 1.165) is 16.4 Å². The molecule has 0 saturated heterocycles. The minimum Gasteiger partial charge on any atom is -0.363 e. The molecule has 0 fully saturated rings. The van der Waals surface area contributed by atoms with Crippen LogP contribution in [0.25, 0.3) is 0 Å². The SMILES string of the molecule is CC(C)(Cc1ccc(F)cc1)NC(=O)c1cnn2c1NC(c1ccccc1)C[C@H]2C(F)(F)F. The molecule has 0 saturated carbocycles. The van der Waals surface area contributed by atoms with E-state index >= 15 is 0 Å². The molecule has 2 N–H and O–H groups in total. The van der Waals surface area contributed by atoms with Gasteiger partial charge < -0.3 is 10.6 Å². The van der Waals surface area contributed by atoms with Crippen LogP contribution >= 0.6 is 0 Å². The van der Waals surface area contributed by atoms with Crippen molar-refractivity contribution >= 4 is 11.7 Å². The number of halogens is 4. The number of amides is 1. The molecule has 33 heavy (non-hydrogen) atoms. The summed E-state index contributed by atoms with van der Waals surface area (Å²) in [6.07, 6.45) is -3.18. The van der Waals surface area contributed by atoms with E-state index in [4.69, 9.17) is 0 Å². The molecule has 5 nitrogen and oxygen atoms in total. The summed E-state index contributed by atoms with van der Waals surface area (Å²) < 4.78 is 55.6. The van der Waals surface area contributed by atoms with Crippen molar-refractivity contribution in [3.05, 3.63) is 83.3 Å². The number of nitrogens with one attached hydrogen (secondary N) is 2. The number of hydrogen-bond donors (Lipinski definition) is 2. The van der Waals surface area contributed by atoms with E-state index in [0.29, 0.717) is 12.0 Å². The summed E-state index contributed by atoms with van der Waals surface area (Å²) in [5.74, 6) is -0.858. The Labute approximate surface area is 188 Å². The van der Waals surface area contributed by atoms with Crippen LogP contribution in [0.15, 0.2) is 60.8 Å². The molecule has 2 atom stereocenters. The summed E-state index contributed by atoms with van der Waals surface area (Å²) >= 11 is 0. The van der Waals surface area contributed by atoms with E-state index in [1.54, 1.807) is 56.3 Å². The molecule has 1 amide bonds. The molecule has 4 rings (SSSR count).